The molecule has 2 aliphatic rings. The summed E-state index contributed by atoms with van der Waals surface area (Å²) in [5.74, 6) is 0.170. The summed E-state index contributed by atoms with van der Waals surface area (Å²) in [5.41, 5.74) is 10.1. The van der Waals surface area contributed by atoms with Gasteiger partial charge in [-0.2, -0.15) is 0 Å². The zero-order chi connectivity index (χ0) is 26.3. The van der Waals surface area contributed by atoms with E-state index in [0.29, 0.717) is 12.0 Å². The van der Waals surface area contributed by atoms with Crippen LogP contribution >= 0.6 is 0 Å². The molecule has 2 aliphatic heterocycles. The van der Waals surface area contributed by atoms with Crippen LogP contribution in [0, 0.1) is 5.41 Å². The minimum atomic E-state index is -0.638. The number of amides is 1. The standard InChI is InChI=1S/C30H33N5O3/c1-38-25-5-2-21(3-6-25)17-33-19-30(20-33)9-12-34(13-10-30)24-15-23-8-11-35(29(23)32-16-24)18-22-4-7-26(28(31)37)27(36)14-22/h2-8,11,14-16,36H,9-10,12-13,17-20H2,1H3,(H2,31,37). The number of aromatic hydroxyl groups is 1. The minimum absolute atomic E-state index is 0.0973. The van der Waals surface area contributed by atoms with Crippen molar-refractivity contribution in [1.82, 2.24) is 14.5 Å². The summed E-state index contributed by atoms with van der Waals surface area (Å²) in [6.45, 7) is 5.99. The fraction of sp³-hybridized carbons (Fsp3) is 0.333. The molecule has 2 saturated heterocycles. The van der Waals surface area contributed by atoms with E-state index < -0.39 is 5.91 Å². The van der Waals surface area contributed by atoms with Crippen molar-refractivity contribution in [3.63, 3.8) is 0 Å². The van der Waals surface area contributed by atoms with E-state index in [0.717, 1.165) is 42.0 Å². The van der Waals surface area contributed by atoms with Gasteiger partial charge in [0.15, 0.2) is 0 Å². The molecule has 1 spiro atoms. The minimum Gasteiger partial charge on any atom is -0.507 e. The van der Waals surface area contributed by atoms with Crippen LogP contribution in [0.4, 0.5) is 5.69 Å². The number of methoxy groups -OCH3 is 1. The van der Waals surface area contributed by atoms with Gasteiger partial charge in [-0.1, -0.05) is 18.2 Å². The number of carbonyl (C=O) groups is 1. The highest BCUT2D eigenvalue weighted by Gasteiger charge is 2.44. The van der Waals surface area contributed by atoms with Crippen LogP contribution in [-0.4, -0.2) is 58.8 Å². The first-order chi connectivity index (χ1) is 18.4. The Balaban J connectivity index is 1.06. The molecule has 0 bridgehead atoms. The molecule has 4 aromatic rings. The Labute approximate surface area is 222 Å². The fourth-order valence-electron chi connectivity index (χ4n) is 6.01. The predicted molar refractivity (Wildman–Crippen MR) is 148 cm³/mol. The van der Waals surface area contributed by atoms with Gasteiger partial charge in [-0.3, -0.25) is 9.69 Å². The molecule has 2 aromatic heterocycles. The van der Waals surface area contributed by atoms with Crippen molar-refractivity contribution in [3.8, 4) is 11.5 Å². The molecule has 0 saturated carbocycles. The van der Waals surface area contributed by atoms with Crippen molar-refractivity contribution in [2.45, 2.75) is 25.9 Å². The van der Waals surface area contributed by atoms with E-state index in [2.05, 4.69) is 38.6 Å². The van der Waals surface area contributed by atoms with Gasteiger partial charge in [0.2, 0.25) is 0 Å². The second kappa shape index (κ2) is 9.68. The molecule has 196 valence electrons. The van der Waals surface area contributed by atoms with Crippen molar-refractivity contribution in [2.24, 2.45) is 11.1 Å². The van der Waals surface area contributed by atoms with Gasteiger partial charge < -0.3 is 25.0 Å². The maximum absolute atomic E-state index is 11.4. The number of carbonyl (C=O) groups excluding carboxylic acids is 1. The number of rotatable bonds is 7. The number of fused-ring (bicyclic) bond motifs is 1. The summed E-state index contributed by atoms with van der Waals surface area (Å²) in [6, 6.07) is 17.7. The Hall–Kier alpha value is -4.04. The Kier molecular flexibility index (Phi) is 6.19. The number of ether oxygens (including phenoxy) is 1. The molecule has 8 heteroatoms. The molecule has 3 N–H and O–H groups in total. The SMILES string of the molecule is COc1ccc(CN2CC3(CCN(c4cnc5c(ccn5Cc5ccc(C(N)=O)c(O)c5)c4)CC3)C2)cc1. The lowest BCUT2D eigenvalue weighted by molar-refractivity contribution is -0.0240. The molecule has 2 fully saturated rings. The highest BCUT2D eigenvalue weighted by molar-refractivity contribution is 5.95. The van der Waals surface area contributed by atoms with Crippen molar-refractivity contribution >= 4 is 22.6 Å². The summed E-state index contributed by atoms with van der Waals surface area (Å²) < 4.78 is 7.32. The number of hydrogen-bond donors (Lipinski definition) is 2. The summed E-state index contributed by atoms with van der Waals surface area (Å²) in [7, 11) is 1.70. The average Bonchev–Trinajstić information content (AvgIpc) is 3.30. The summed E-state index contributed by atoms with van der Waals surface area (Å²) in [5, 5.41) is 11.2. The number of phenols is 1. The summed E-state index contributed by atoms with van der Waals surface area (Å²) in [6.07, 6.45) is 6.39. The van der Waals surface area contributed by atoms with Crippen LogP contribution in [0.5, 0.6) is 11.5 Å². The van der Waals surface area contributed by atoms with Gasteiger partial charge in [0.1, 0.15) is 17.1 Å². The molecule has 0 radical (unpaired) electrons. The monoisotopic (exact) mass is 511 g/mol. The lowest BCUT2D eigenvalue weighted by Gasteiger charge is -2.54. The number of hydrogen-bond acceptors (Lipinski definition) is 6. The number of nitrogens with zero attached hydrogens (tertiary/aromatic N) is 4. The zero-order valence-electron chi connectivity index (χ0n) is 21.6. The number of aromatic nitrogens is 2. The molecule has 0 aliphatic carbocycles. The van der Waals surface area contributed by atoms with Crippen LogP contribution in [0.25, 0.3) is 11.0 Å². The van der Waals surface area contributed by atoms with Crippen molar-refractivity contribution < 1.29 is 14.6 Å². The Bertz CT molecular complexity index is 1460. The van der Waals surface area contributed by atoms with Gasteiger partial charge in [-0.25, -0.2) is 4.98 Å². The van der Waals surface area contributed by atoms with Gasteiger partial charge in [0.05, 0.1) is 24.6 Å². The average molecular weight is 512 g/mol. The largest absolute Gasteiger partial charge is 0.507 e. The van der Waals surface area contributed by atoms with Gasteiger partial charge in [0.25, 0.3) is 5.91 Å². The van der Waals surface area contributed by atoms with Crippen LogP contribution in [0.15, 0.2) is 67.0 Å². The number of piperidine rings is 1. The number of primary amides is 1. The van der Waals surface area contributed by atoms with Gasteiger partial charge in [0, 0.05) is 50.9 Å². The molecule has 4 heterocycles. The van der Waals surface area contributed by atoms with E-state index in [1.807, 2.05) is 30.6 Å². The van der Waals surface area contributed by atoms with E-state index >= 15 is 0 Å². The topological polar surface area (TPSA) is 96.9 Å². The third kappa shape index (κ3) is 4.67. The third-order valence-corrected chi connectivity index (χ3v) is 8.14. The van der Waals surface area contributed by atoms with Gasteiger partial charge in [-0.05, 0) is 65.8 Å². The van der Waals surface area contributed by atoms with Crippen LogP contribution < -0.4 is 15.4 Å². The highest BCUT2D eigenvalue weighted by Crippen LogP contribution is 2.42. The molecule has 1 amide bonds. The van der Waals surface area contributed by atoms with Crippen LogP contribution in [0.3, 0.4) is 0 Å². The number of benzene rings is 2. The number of nitrogens with two attached hydrogens (primary N) is 1. The first-order valence-corrected chi connectivity index (χ1v) is 13.1. The van der Waals surface area contributed by atoms with Crippen molar-refractivity contribution in [1.29, 1.82) is 0 Å². The number of anilines is 1. The van der Waals surface area contributed by atoms with Crippen molar-refractivity contribution in [2.75, 3.05) is 38.2 Å². The highest BCUT2D eigenvalue weighted by atomic mass is 16.5. The second-order valence-electron chi connectivity index (χ2n) is 10.7. The molecular formula is C30H33N5O3. The fourth-order valence-corrected chi connectivity index (χ4v) is 6.01. The summed E-state index contributed by atoms with van der Waals surface area (Å²) in [4.78, 5) is 21.2. The van der Waals surface area contributed by atoms with Gasteiger partial charge in [-0.15, -0.1) is 0 Å². The van der Waals surface area contributed by atoms with E-state index in [1.54, 1.807) is 19.2 Å². The van der Waals surface area contributed by atoms with E-state index in [4.69, 9.17) is 15.5 Å². The van der Waals surface area contributed by atoms with Gasteiger partial charge >= 0.3 is 0 Å². The maximum atomic E-state index is 11.4. The summed E-state index contributed by atoms with van der Waals surface area (Å²) >= 11 is 0. The first-order valence-electron chi connectivity index (χ1n) is 13.1. The quantitative estimate of drug-likeness (QED) is 0.389. The molecule has 0 unspecified atom stereocenters. The first kappa shape index (κ1) is 24.3. The molecule has 8 nitrogen and oxygen atoms in total. The smallest absolute Gasteiger partial charge is 0.252 e. The van der Waals surface area contributed by atoms with Crippen LogP contribution in [0.2, 0.25) is 0 Å². The normalized spacial score (nSPS) is 17.0. The van der Waals surface area contributed by atoms with Crippen LogP contribution in [0.1, 0.15) is 34.3 Å². The second-order valence-corrected chi connectivity index (χ2v) is 10.7. The molecule has 0 atom stereocenters. The van der Waals surface area contributed by atoms with E-state index in [-0.39, 0.29) is 11.3 Å². The molecule has 38 heavy (non-hydrogen) atoms. The third-order valence-electron chi connectivity index (χ3n) is 8.14. The van der Waals surface area contributed by atoms with Crippen molar-refractivity contribution in [3.05, 3.63) is 83.7 Å². The zero-order valence-corrected chi connectivity index (χ0v) is 21.6. The molecule has 2 aromatic carbocycles. The Morgan fingerprint density at radius 3 is 2.45 bits per heavy atom. The lowest BCUT2D eigenvalue weighted by atomic mass is 9.72. The van der Waals surface area contributed by atoms with Crippen LogP contribution in [-0.2, 0) is 13.1 Å². The maximum Gasteiger partial charge on any atom is 0.252 e. The van der Waals surface area contributed by atoms with E-state index in [9.17, 15) is 9.90 Å². The molecule has 6 rings (SSSR count). The molecular weight excluding hydrogens is 478 g/mol. The van der Waals surface area contributed by atoms with E-state index in [1.165, 1.54) is 37.2 Å². The number of likely N-dealkylation sites (tertiary alicyclic amines) is 1. The lowest BCUT2D eigenvalue weighted by Crippen LogP contribution is -2.59. The Morgan fingerprint density at radius 1 is 1.03 bits per heavy atom. The Morgan fingerprint density at radius 2 is 1.76 bits per heavy atom. The number of pyridine rings is 1. The predicted octanol–water partition coefficient (Wildman–Crippen LogP) is 4.00.